The number of carbonyl (C=O) groups excluding carboxylic acids is 3. The molecule has 2 aromatic rings. The highest BCUT2D eigenvalue weighted by atomic mass is 16.6. The first kappa shape index (κ1) is 26.0. The molecule has 0 saturated carbocycles. The maximum atomic E-state index is 12.7. The highest BCUT2D eigenvalue weighted by Gasteiger charge is 2.29. The van der Waals surface area contributed by atoms with E-state index in [4.69, 9.17) is 14.2 Å². The molecule has 7 heteroatoms. The van der Waals surface area contributed by atoms with Crippen molar-refractivity contribution in [3.05, 3.63) is 71.8 Å². The molecule has 0 aliphatic heterocycles. The zero-order chi connectivity index (χ0) is 25.4. The van der Waals surface area contributed by atoms with Crippen molar-refractivity contribution in [2.45, 2.75) is 58.1 Å². The quantitative estimate of drug-likeness (QED) is 0.304. The minimum absolute atomic E-state index is 0.0663. The van der Waals surface area contributed by atoms with Crippen molar-refractivity contribution in [3.8, 4) is 11.1 Å². The van der Waals surface area contributed by atoms with E-state index in [1.54, 1.807) is 27.7 Å². The van der Waals surface area contributed by atoms with E-state index in [-0.39, 0.29) is 37.9 Å². The van der Waals surface area contributed by atoms with Gasteiger partial charge in [0.1, 0.15) is 12.2 Å². The van der Waals surface area contributed by atoms with Crippen LogP contribution in [0.25, 0.3) is 11.1 Å². The summed E-state index contributed by atoms with van der Waals surface area (Å²) < 4.78 is 15.8. The number of carbonyl (C=O) groups is 3. The molecule has 0 aromatic heterocycles. The number of nitrogens with one attached hydrogen (secondary N) is 1. The fourth-order valence-electron chi connectivity index (χ4n) is 4.06. The molecule has 2 aromatic carbocycles. The number of benzene rings is 2. The van der Waals surface area contributed by atoms with Crippen LogP contribution < -0.4 is 5.32 Å². The summed E-state index contributed by atoms with van der Waals surface area (Å²) in [5.41, 5.74) is 3.91. The molecule has 0 radical (unpaired) electrons. The summed E-state index contributed by atoms with van der Waals surface area (Å²) in [6, 6.07) is 15.6. The van der Waals surface area contributed by atoms with Gasteiger partial charge < -0.3 is 19.5 Å². The van der Waals surface area contributed by atoms with Gasteiger partial charge in [-0.25, -0.2) is 9.59 Å². The highest BCUT2D eigenvalue weighted by molar-refractivity contribution is 5.82. The van der Waals surface area contributed by atoms with Crippen molar-refractivity contribution in [2.75, 3.05) is 13.2 Å². The van der Waals surface area contributed by atoms with Gasteiger partial charge in [0.05, 0.1) is 12.6 Å². The van der Waals surface area contributed by atoms with Crippen LogP contribution in [-0.4, -0.2) is 42.9 Å². The van der Waals surface area contributed by atoms with Gasteiger partial charge in [0, 0.05) is 18.4 Å². The Kier molecular flexibility index (Phi) is 8.68. The normalized spacial score (nSPS) is 13.6. The van der Waals surface area contributed by atoms with Crippen LogP contribution in [-0.2, 0) is 23.8 Å². The molecule has 0 spiro atoms. The third-order valence-electron chi connectivity index (χ3n) is 5.48. The van der Waals surface area contributed by atoms with E-state index in [0.29, 0.717) is 0 Å². The molecular formula is C28H33NO6. The first-order valence-electron chi connectivity index (χ1n) is 11.9. The Bertz CT molecular complexity index is 1040. The molecule has 1 aliphatic carbocycles. The Hall–Kier alpha value is -3.61. The lowest BCUT2D eigenvalue weighted by Gasteiger charge is -2.21. The van der Waals surface area contributed by atoms with E-state index >= 15 is 0 Å². The second kappa shape index (κ2) is 11.7. The number of fused-ring (bicyclic) bond motifs is 3. The van der Waals surface area contributed by atoms with Crippen LogP contribution >= 0.6 is 0 Å². The van der Waals surface area contributed by atoms with Gasteiger partial charge in [0.2, 0.25) is 0 Å². The molecule has 3 rings (SSSR count). The number of amides is 1. The monoisotopic (exact) mass is 479 g/mol. The van der Waals surface area contributed by atoms with E-state index < -0.39 is 23.7 Å². The first-order valence-corrected chi connectivity index (χ1v) is 11.9. The van der Waals surface area contributed by atoms with E-state index in [2.05, 4.69) is 17.4 Å². The molecule has 0 saturated heterocycles. The highest BCUT2D eigenvalue weighted by Crippen LogP contribution is 2.44. The van der Waals surface area contributed by atoms with Crippen LogP contribution in [0.3, 0.4) is 0 Å². The third kappa shape index (κ3) is 7.44. The van der Waals surface area contributed by atoms with Gasteiger partial charge in [-0.15, -0.1) is 0 Å². The minimum Gasteiger partial charge on any atom is -0.463 e. The van der Waals surface area contributed by atoms with Crippen molar-refractivity contribution < 1.29 is 28.6 Å². The molecule has 1 atom stereocenters. The molecule has 7 nitrogen and oxygen atoms in total. The molecule has 35 heavy (non-hydrogen) atoms. The van der Waals surface area contributed by atoms with Crippen molar-refractivity contribution in [3.63, 3.8) is 0 Å². The van der Waals surface area contributed by atoms with Crippen molar-refractivity contribution >= 4 is 18.0 Å². The van der Waals surface area contributed by atoms with E-state index in [1.807, 2.05) is 36.4 Å². The van der Waals surface area contributed by atoms with Crippen LogP contribution in [0.1, 0.15) is 57.6 Å². The standard InChI is InChI=1S/C28H33NO6/c1-5-33-25(30)16-14-19(15-17-26(31)35-28(2,3)4)29-27(32)34-18-24-22-12-8-6-10-20(22)21-11-7-9-13-23(21)24/h6-14,16,19,24H,5,15,17-18H2,1-4H3,(H,29,32)/b16-14-/t19-/m1/s1. The number of esters is 2. The largest absolute Gasteiger partial charge is 0.463 e. The average molecular weight is 480 g/mol. The zero-order valence-corrected chi connectivity index (χ0v) is 20.7. The van der Waals surface area contributed by atoms with Gasteiger partial charge in [-0.05, 0) is 56.4 Å². The Labute approximate surface area is 206 Å². The maximum absolute atomic E-state index is 12.7. The Morgan fingerprint density at radius 2 is 1.57 bits per heavy atom. The zero-order valence-electron chi connectivity index (χ0n) is 20.7. The van der Waals surface area contributed by atoms with Gasteiger partial charge in [0.25, 0.3) is 0 Å². The number of alkyl carbamates (subject to hydrolysis) is 1. The average Bonchev–Trinajstić information content (AvgIpc) is 3.12. The topological polar surface area (TPSA) is 90.9 Å². The summed E-state index contributed by atoms with van der Waals surface area (Å²) in [6.07, 6.45) is 2.43. The summed E-state index contributed by atoms with van der Waals surface area (Å²) in [7, 11) is 0. The lowest BCUT2D eigenvalue weighted by molar-refractivity contribution is -0.155. The number of ether oxygens (including phenoxy) is 3. The van der Waals surface area contributed by atoms with Crippen LogP contribution in [0.2, 0.25) is 0 Å². The molecular weight excluding hydrogens is 446 g/mol. The van der Waals surface area contributed by atoms with Crippen LogP contribution in [0.15, 0.2) is 60.7 Å². The van der Waals surface area contributed by atoms with Crippen LogP contribution in [0, 0.1) is 0 Å². The van der Waals surface area contributed by atoms with Crippen LogP contribution in [0.4, 0.5) is 4.79 Å². The molecule has 0 heterocycles. The van der Waals surface area contributed by atoms with Gasteiger partial charge >= 0.3 is 18.0 Å². The molecule has 0 bridgehead atoms. The SMILES string of the molecule is CCOC(=O)/C=C\[C@H](CCC(=O)OC(C)(C)C)NC(=O)OCC1c2ccccc2-c2ccccc21. The first-order chi connectivity index (χ1) is 16.7. The smallest absolute Gasteiger partial charge is 0.407 e. The Balaban J connectivity index is 1.63. The van der Waals surface area contributed by atoms with E-state index in [1.165, 1.54) is 12.2 Å². The van der Waals surface area contributed by atoms with E-state index in [9.17, 15) is 14.4 Å². The molecule has 186 valence electrons. The van der Waals surface area contributed by atoms with Crippen molar-refractivity contribution in [1.29, 1.82) is 0 Å². The van der Waals surface area contributed by atoms with Gasteiger partial charge in [-0.1, -0.05) is 54.6 Å². The predicted octanol–water partition coefficient (Wildman–Crippen LogP) is 5.13. The second-order valence-electron chi connectivity index (χ2n) is 9.31. The molecule has 0 fully saturated rings. The number of hydrogen-bond acceptors (Lipinski definition) is 6. The fraction of sp³-hybridized carbons (Fsp3) is 0.393. The number of rotatable bonds is 9. The van der Waals surface area contributed by atoms with E-state index in [0.717, 1.165) is 22.3 Å². The van der Waals surface area contributed by atoms with Gasteiger partial charge in [0.15, 0.2) is 0 Å². The van der Waals surface area contributed by atoms with Crippen molar-refractivity contribution in [2.24, 2.45) is 0 Å². The molecule has 0 unspecified atom stereocenters. The number of hydrogen-bond donors (Lipinski definition) is 1. The molecule has 1 N–H and O–H groups in total. The maximum Gasteiger partial charge on any atom is 0.407 e. The third-order valence-corrected chi connectivity index (χ3v) is 5.48. The van der Waals surface area contributed by atoms with Gasteiger partial charge in [-0.3, -0.25) is 4.79 Å². The summed E-state index contributed by atoms with van der Waals surface area (Å²) >= 11 is 0. The molecule has 1 amide bonds. The van der Waals surface area contributed by atoms with Crippen LogP contribution in [0.5, 0.6) is 0 Å². The Morgan fingerprint density at radius 3 is 2.14 bits per heavy atom. The summed E-state index contributed by atoms with van der Waals surface area (Å²) in [6.45, 7) is 7.49. The molecule has 1 aliphatic rings. The summed E-state index contributed by atoms with van der Waals surface area (Å²) in [4.78, 5) is 36.6. The summed E-state index contributed by atoms with van der Waals surface area (Å²) in [5.74, 6) is -0.978. The lowest BCUT2D eigenvalue weighted by Crippen LogP contribution is -2.35. The lowest BCUT2D eigenvalue weighted by atomic mass is 9.98. The summed E-state index contributed by atoms with van der Waals surface area (Å²) in [5, 5.41) is 2.74. The minimum atomic E-state index is -0.630. The second-order valence-corrected chi connectivity index (χ2v) is 9.31. The van der Waals surface area contributed by atoms with Crippen molar-refractivity contribution in [1.82, 2.24) is 5.32 Å². The van der Waals surface area contributed by atoms with Gasteiger partial charge in [-0.2, -0.15) is 0 Å². The fourth-order valence-corrected chi connectivity index (χ4v) is 4.06. The predicted molar refractivity (Wildman–Crippen MR) is 133 cm³/mol. The Morgan fingerprint density at radius 1 is 0.971 bits per heavy atom.